The third kappa shape index (κ3) is 4.76. The van der Waals surface area contributed by atoms with E-state index < -0.39 is 10.0 Å². The first kappa shape index (κ1) is 17.9. The van der Waals surface area contributed by atoms with E-state index in [0.29, 0.717) is 18.2 Å². The molecule has 0 aliphatic rings. The van der Waals surface area contributed by atoms with Crippen LogP contribution in [0, 0.1) is 5.92 Å². The summed E-state index contributed by atoms with van der Waals surface area (Å²) in [5, 5.41) is 0. The van der Waals surface area contributed by atoms with Crippen molar-refractivity contribution in [3.63, 3.8) is 0 Å². The van der Waals surface area contributed by atoms with Gasteiger partial charge in [-0.25, -0.2) is 13.4 Å². The number of imidazole rings is 1. The number of aromatic nitrogens is 2. The fourth-order valence-electron chi connectivity index (χ4n) is 2.51. The second-order valence-corrected chi connectivity index (χ2v) is 8.34. The number of hydrogen-bond acceptors (Lipinski definition) is 4. The third-order valence-corrected chi connectivity index (χ3v) is 5.62. The summed E-state index contributed by atoms with van der Waals surface area (Å²) in [6.45, 7) is 4.32. The molecule has 6 nitrogen and oxygen atoms in total. The molecule has 128 valence electrons. The second kappa shape index (κ2) is 7.42. The number of H-pyrrole nitrogens is 1. The van der Waals surface area contributed by atoms with Crippen LogP contribution in [0.3, 0.4) is 0 Å². The van der Waals surface area contributed by atoms with Crippen LogP contribution in [0.25, 0.3) is 11.0 Å². The van der Waals surface area contributed by atoms with E-state index in [9.17, 15) is 8.42 Å². The van der Waals surface area contributed by atoms with E-state index in [2.05, 4.69) is 23.8 Å². The van der Waals surface area contributed by atoms with Gasteiger partial charge in [0.2, 0.25) is 10.0 Å². The first-order valence-corrected chi connectivity index (χ1v) is 9.33. The van der Waals surface area contributed by atoms with Crippen molar-refractivity contribution < 1.29 is 13.2 Å². The number of benzene rings is 1. The molecule has 0 saturated heterocycles. The van der Waals surface area contributed by atoms with E-state index in [1.807, 2.05) is 24.3 Å². The first-order valence-electron chi connectivity index (χ1n) is 7.72. The highest BCUT2D eigenvalue weighted by Gasteiger charge is 2.25. The molecule has 0 bridgehead atoms. The molecule has 0 aliphatic heterocycles. The molecule has 23 heavy (non-hydrogen) atoms. The van der Waals surface area contributed by atoms with E-state index in [1.54, 1.807) is 14.2 Å². The van der Waals surface area contributed by atoms with Gasteiger partial charge in [0, 0.05) is 14.2 Å². The maximum absolute atomic E-state index is 12.5. The van der Waals surface area contributed by atoms with E-state index in [-0.39, 0.29) is 18.4 Å². The van der Waals surface area contributed by atoms with Crippen LogP contribution in [0.5, 0.6) is 0 Å². The summed E-state index contributed by atoms with van der Waals surface area (Å²) in [5.41, 5.74) is 1.74. The number of rotatable bonds is 8. The minimum atomic E-state index is -3.40. The Morgan fingerprint density at radius 3 is 2.61 bits per heavy atom. The lowest BCUT2D eigenvalue weighted by atomic mass is 10.1. The van der Waals surface area contributed by atoms with E-state index in [1.165, 1.54) is 4.31 Å². The van der Waals surface area contributed by atoms with Crippen molar-refractivity contribution in [2.45, 2.75) is 32.9 Å². The van der Waals surface area contributed by atoms with Crippen LogP contribution in [-0.4, -0.2) is 48.7 Å². The molecule has 2 aromatic rings. The van der Waals surface area contributed by atoms with Crippen LogP contribution in [0.1, 0.15) is 26.1 Å². The number of aromatic amines is 1. The van der Waals surface area contributed by atoms with E-state index >= 15 is 0 Å². The average Bonchev–Trinajstić information content (AvgIpc) is 2.87. The van der Waals surface area contributed by atoms with Gasteiger partial charge in [-0.15, -0.1) is 0 Å². The van der Waals surface area contributed by atoms with Gasteiger partial charge in [-0.2, -0.15) is 4.31 Å². The molecule has 0 fully saturated rings. The predicted molar refractivity (Wildman–Crippen MR) is 91.6 cm³/mol. The molecule has 1 aromatic carbocycles. The van der Waals surface area contributed by atoms with E-state index in [4.69, 9.17) is 4.74 Å². The molecule has 0 saturated carbocycles. The number of fused-ring (bicyclic) bond motifs is 1. The zero-order valence-corrected chi connectivity index (χ0v) is 14.9. The summed E-state index contributed by atoms with van der Waals surface area (Å²) >= 11 is 0. The molecule has 0 aliphatic carbocycles. The minimum absolute atomic E-state index is 0.0155. The average molecular weight is 339 g/mol. The summed E-state index contributed by atoms with van der Waals surface area (Å²) in [6, 6.07) is 7.64. The Bertz CT molecular complexity index is 707. The van der Waals surface area contributed by atoms with Gasteiger partial charge in [0.1, 0.15) is 5.82 Å². The summed E-state index contributed by atoms with van der Waals surface area (Å²) in [6.07, 6.45) is 0.423. The Balaban J connectivity index is 2.06. The van der Waals surface area contributed by atoms with Gasteiger partial charge in [0.15, 0.2) is 0 Å². The Labute approximate surface area is 137 Å². The smallest absolute Gasteiger partial charge is 0.216 e. The molecule has 0 spiro atoms. The molecule has 0 amide bonds. The van der Waals surface area contributed by atoms with Crippen LogP contribution >= 0.6 is 0 Å². The Morgan fingerprint density at radius 1 is 1.30 bits per heavy atom. The summed E-state index contributed by atoms with van der Waals surface area (Å²) in [5.74, 6) is 1.00. The molecule has 7 heteroatoms. The molecule has 1 atom stereocenters. The Kier molecular flexibility index (Phi) is 5.78. The normalized spacial score (nSPS) is 14.0. The largest absolute Gasteiger partial charge is 0.380 e. The molecule has 1 heterocycles. The number of nitrogens with one attached hydrogen (secondary N) is 1. The van der Waals surface area contributed by atoms with E-state index in [0.717, 1.165) is 11.0 Å². The number of nitrogens with zero attached hydrogens (tertiary/aromatic N) is 2. The standard InChI is InChI=1S/C16H25N3O3S/c1-12(2)9-13(22-4)11-23(20,21)19(3)10-16-17-14-7-5-6-8-15(14)18-16/h5-8,12-13H,9-11H2,1-4H3,(H,17,18). The zero-order chi connectivity index (χ0) is 17.0. The lowest BCUT2D eigenvalue weighted by molar-refractivity contribution is 0.101. The molecular weight excluding hydrogens is 314 g/mol. The highest BCUT2D eigenvalue weighted by Crippen LogP contribution is 2.15. The Hall–Kier alpha value is -1.44. The predicted octanol–water partition coefficient (Wildman–Crippen LogP) is 2.39. The molecule has 1 unspecified atom stereocenters. The van der Waals surface area contributed by atoms with Crippen LogP contribution in [0.15, 0.2) is 24.3 Å². The topological polar surface area (TPSA) is 75.3 Å². The van der Waals surface area contributed by atoms with Crippen molar-refractivity contribution >= 4 is 21.1 Å². The van der Waals surface area contributed by atoms with Crippen molar-refractivity contribution in [1.29, 1.82) is 0 Å². The number of para-hydroxylation sites is 2. The van der Waals surface area contributed by atoms with Crippen LogP contribution in [0.4, 0.5) is 0 Å². The van der Waals surface area contributed by atoms with Gasteiger partial charge < -0.3 is 9.72 Å². The van der Waals surface area contributed by atoms with Gasteiger partial charge in [0.05, 0.1) is 29.4 Å². The molecule has 0 radical (unpaired) electrons. The Morgan fingerprint density at radius 2 is 2.00 bits per heavy atom. The van der Waals surface area contributed by atoms with Crippen molar-refractivity contribution in [1.82, 2.24) is 14.3 Å². The summed E-state index contributed by atoms with van der Waals surface area (Å²) in [7, 11) is -0.273. The highest BCUT2D eigenvalue weighted by molar-refractivity contribution is 7.89. The molecule has 1 aromatic heterocycles. The van der Waals surface area contributed by atoms with Crippen LogP contribution in [0.2, 0.25) is 0 Å². The fraction of sp³-hybridized carbons (Fsp3) is 0.562. The van der Waals surface area contributed by atoms with Crippen LogP contribution < -0.4 is 0 Å². The first-order chi connectivity index (χ1) is 10.8. The second-order valence-electron chi connectivity index (χ2n) is 6.22. The lowest BCUT2D eigenvalue weighted by Gasteiger charge is -2.21. The third-order valence-electron chi connectivity index (χ3n) is 3.75. The van der Waals surface area contributed by atoms with Crippen molar-refractivity contribution in [2.75, 3.05) is 19.9 Å². The monoisotopic (exact) mass is 339 g/mol. The van der Waals surface area contributed by atoms with Gasteiger partial charge in [-0.1, -0.05) is 26.0 Å². The van der Waals surface area contributed by atoms with Crippen molar-refractivity contribution in [3.8, 4) is 0 Å². The van der Waals surface area contributed by atoms with Crippen molar-refractivity contribution in [3.05, 3.63) is 30.1 Å². The quantitative estimate of drug-likeness (QED) is 0.801. The summed E-state index contributed by atoms with van der Waals surface area (Å²) < 4.78 is 31.7. The molecular formula is C16H25N3O3S. The molecule has 1 N–H and O–H groups in total. The maximum Gasteiger partial charge on any atom is 0.216 e. The zero-order valence-electron chi connectivity index (χ0n) is 14.1. The maximum atomic E-state index is 12.5. The number of sulfonamides is 1. The number of hydrogen-bond donors (Lipinski definition) is 1. The van der Waals surface area contributed by atoms with Gasteiger partial charge in [-0.05, 0) is 24.5 Å². The molecule has 2 rings (SSSR count). The SMILES string of the molecule is COC(CC(C)C)CS(=O)(=O)N(C)Cc1nc2ccccc2[nH]1. The highest BCUT2D eigenvalue weighted by atomic mass is 32.2. The van der Waals surface area contributed by atoms with Crippen LogP contribution in [-0.2, 0) is 21.3 Å². The van der Waals surface area contributed by atoms with Gasteiger partial charge in [-0.3, -0.25) is 0 Å². The fourth-order valence-corrected chi connectivity index (χ4v) is 3.83. The van der Waals surface area contributed by atoms with Gasteiger partial charge >= 0.3 is 0 Å². The number of ether oxygens (including phenoxy) is 1. The van der Waals surface area contributed by atoms with Crippen molar-refractivity contribution in [2.24, 2.45) is 5.92 Å². The number of methoxy groups -OCH3 is 1. The summed E-state index contributed by atoms with van der Waals surface area (Å²) in [4.78, 5) is 7.57. The lowest BCUT2D eigenvalue weighted by Crippen LogP contribution is -2.35. The van der Waals surface area contributed by atoms with Gasteiger partial charge in [0.25, 0.3) is 0 Å². The minimum Gasteiger partial charge on any atom is -0.380 e.